The summed E-state index contributed by atoms with van der Waals surface area (Å²) in [5.41, 5.74) is 6.71. The molecule has 1 aromatic heterocycles. The first-order chi connectivity index (χ1) is 9.29. The molecular weight excluding hydrogens is 236 g/mol. The van der Waals surface area contributed by atoms with Crippen LogP contribution >= 0.6 is 0 Å². The second-order valence-corrected chi connectivity index (χ2v) is 4.52. The van der Waals surface area contributed by atoms with Crippen molar-refractivity contribution in [3.05, 3.63) is 54.1 Å². The molecule has 0 unspecified atom stereocenters. The lowest BCUT2D eigenvalue weighted by Gasteiger charge is -2.08. The summed E-state index contributed by atoms with van der Waals surface area (Å²) in [6.07, 6.45) is 0.726. The number of aryl methyl sites for hydroxylation is 1. The molecule has 3 rings (SSSR count). The number of hydrogen-bond donors (Lipinski definition) is 1. The van der Waals surface area contributed by atoms with Crippen LogP contribution in [-0.2, 0) is 6.42 Å². The maximum absolute atomic E-state index is 5.65. The zero-order valence-electron chi connectivity index (χ0n) is 10.9. The van der Waals surface area contributed by atoms with Crippen LogP contribution in [0.4, 0.5) is 0 Å². The molecule has 0 aliphatic rings. The molecule has 2 N–H and O–H groups in total. The average molecular weight is 252 g/mol. The molecule has 2 aromatic carbocycles. The van der Waals surface area contributed by atoms with Gasteiger partial charge in [-0.1, -0.05) is 36.4 Å². The highest BCUT2D eigenvalue weighted by atomic mass is 15.3. The summed E-state index contributed by atoms with van der Waals surface area (Å²) < 4.78 is 1.91. The summed E-state index contributed by atoms with van der Waals surface area (Å²) in [5, 5.41) is 6.87. The first-order valence-corrected chi connectivity index (χ1v) is 6.40. The van der Waals surface area contributed by atoms with Gasteiger partial charge in [-0.25, -0.2) is 9.67 Å². The molecule has 0 aliphatic carbocycles. The SMILES string of the molecule is Cc1nc(CCN)n(-c2cccc3ccccc23)n1. The fraction of sp³-hybridized carbons (Fsp3) is 0.200. The van der Waals surface area contributed by atoms with Crippen molar-refractivity contribution in [2.75, 3.05) is 6.54 Å². The van der Waals surface area contributed by atoms with E-state index in [4.69, 9.17) is 5.73 Å². The van der Waals surface area contributed by atoms with Crippen molar-refractivity contribution < 1.29 is 0 Å². The molecule has 4 nitrogen and oxygen atoms in total. The first-order valence-electron chi connectivity index (χ1n) is 6.40. The lowest BCUT2D eigenvalue weighted by molar-refractivity contribution is 0.777. The van der Waals surface area contributed by atoms with Crippen LogP contribution in [0.5, 0.6) is 0 Å². The van der Waals surface area contributed by atoms with Crippen molar-refractivity contribution in [2.45, 2.75) is 13.3 Å². The van der Waals surface area contributed by atoms with Crippen LogP contribution in [0.1, 0.15) is 11.6 Å². The standard InChI is InChI=1S/C15H16N4/c1-11-17-15(9-10-16)19(18-11)14-8-4-6-12-5-2-3-7-13(12)14/h2-8H,9-10,16H2,1H3. The molecule has 0 atom stereocenters. The van der Waals surface area contributed by atoms with Crippen molar-refractivity contribution in [3.8, 4) is 5.69 Å². The smallest absolute Gasteiger partial charge is 0.148 e. The lowest BCUT2D eigenvalue weighted by atomic mass is 10.1. The fourth-order valence-corrected chi connectivity index (χ4v) is 2.34. The van der Waals surface area contributed by atoms with Gasteiger partial charge >= 0.3 is 0 Å². The van der Waals surface area contributed by atoms with E-state index in [1.807, 2.05) is 29.8 Å². The van der Waals surface area contributed by atoms with Gasteiger partial charge in [0, 0.05) is 11.8 Å². The Balaban J connectivity index is 2.24. The number of rotatable bonds is 3. The van der Waals surface area contributed by atoms with E-state index in [9.17, 15) is 0 Å². The molecule has 0 spiro atoms. The van der Waals surface area contributed by atoms with E-state index in [-0.39, 0.29) is 0 Å². The van der Waals surface area contributed by atoms with Crippen LogP contribution in [0, 0.1) is 6.92 Å². The number of nitrogens with two attached hydrogens (primary N) is 1. The summed E-state index contributed by atoms with van der Waals surface area (Å²) in [6.45, 7) is 2.48. The van der Waals surface area contributed by atoms with Gasteiger partial charge < -0.3 is 5.73 Å². The monoisotopic (exact) mass is 252 g/mol. The average Bonchev–Trinajstić information content (AvgIpc) is 2.79. The zero-order chi connectivity index (χ0) is 13.2. The Labute approximate surface area is 111 Å². The van der Waals surface area contributed by atoms with Crippen LogP contribution in [0.15, 0.2) is 42.5 Å². The van der Waals surface area contributed by atoms with Crippen LogP contribution < -0.4 is 5.73 Å². The van der Waals surface area contributed by atoms with Crippen LogP contribution in [0.25, 0.3) is 16.5 Å². The molecule has 0 saturated carbocycles. The number of hydrogen-bond acceptors (Lipinski definition) is 3. The Kier molecular flexibility index (Phi) is 3.01. The number of nitrogens with zero attached hydrogens (tertiary/aromatic N) is 3. The van der Waals surface area contributed by atoms with Gasteiger partial charge in [-0.2, -0.15) is 5.10 Å². The van der Waals surface area contributed by atoms with Gasteiger partial charge in [0.2, 0.25) is 0 Å². The van der Waals surface area contributed by atoms with Crippen molar-refractivity contribution in [1.29, 1.82) is 0 Å². The number of fused-ring (bicyclic) bond motifs is 1. The lowest BCUT2D eigenvalue weighted by Crippen LogP contribution is -2.10. The van der Waals surface area contributed by atoms with Gasteiger partial charge in [0.05, 0.1) is 5.69 Å². The summed E-state index contributed by atoms with van der Waals surface area (Å²) in [7, 11) is 0. The normalized spacial score (nSPS) is 11.1. The largest absolute Gasteiger partial charge is 0.330 e. The molecule has 0 fully saturated rings. The highest BCUT2D eigenvalue weighted by Crippen LogP contribution is 2.22. The van der Waals surface area contributed by atoms with Gasteiger partial charge in [0.25, 0.3) is 0 Å². The van der Waals surface area contributed by atoms with E-state index in [0.29, 0.717) is 6.54 Å². The summed E-state index contributed by atoms with van der Waals surface area (Å²) >= 11 is 0. The summed E-state index contributed by atoms with van der Waals surface area (Å²) in [6, 6.07) is 14.5. The molecule has 3 aromatic rings. The molecule has 0 aliphatic heterocycles. The molecular formula is C15H16N4. The van der Waals surface area contributed by atoms with Gasteiger partial charge in [0.15, 0.2) is 0 Å². The van der Waals surface area contributed by atoms with E-state index in [1.165, 1.54) is 10.8 Å². The Morgan fingerprint density at radius 3 is 2.74 bits per heavy atom. The quantitative estimate of drug-likeness (QED) is 0.777. The van der Waals surface area contributed by atoms with Crippen molar-refractivity contribution in [1.82, 2.24) is 14.8 Å². The molecule has 0 saturated heterocycles. The predicted molar refractivity (Wildman–Crippen MR) is 76.4 cm³/mol. The topological polar surface area (TPSA) is 56.7 Å². The van der Waals surface area contributed by atoms with E-state index in [2.05, 4.69) is 34.3 Å². The van der Waals surface area contributed by atoms with Gasteiger partial charge in [0.1, 0.15) is 11.6 Å². The third kappa shape index (κ3) is 2.11. The van der Waals surface area contributed by atoms with Crippen LogP contribution in [0.2, 0.25) is 0 Å². The first kappa shape index (κ1) is 11.9. The minimum Gasteiger partial charge on any atom is -0.330 e. The van der Waals surface area contributed by atoms with E-state index >= 15 is 0 Å². The second kappa shape index (κ2) is 4.82. The van der Waals surface area contributed by atoms with Gasteiger partial charge in [-0.05, 0) is 24.9 Å². The molecule has 96 valence electrons. The highest BCUT2D eigenvalue weighted by molar-refractivity contribution is 5.90. The van der Waals surface area contributed by atoms with E-state index < -0.39 is 0 Å². The van der Waals surface area contributed by atoms with Crippen LogP contribution in [0.3, 0.4) is 0 Å². The summed E-state index contributed by atoms with van der Waals surface area (Å²) in [5.74, 6) is 1.69. The molecule has 4 heteroatoms. The fourth-order valence-electron chi connectivity index (χ4n) is 2.34. The Hall–Kier alpha value is -2.20. The van der Waals surface area contributed by atoms with Gasteiger partial charge in [-0.3, -0.25) is 0 Å². The Morgan fingerprint density at radius 1 is 1.11 bits per heavy atom. The minimum absolute atomic E-state index is 0.572. The number of aromatic nitrogens is 3. The summed E-state index contributed by atoms with van der Waals surface area (Å²) in [4.78, 5) is 4.46. The maximum Gasteiger partial charge on any atom is 0.148 e. The van der Waals surface area contributed by atoms with Crippen molar-refractivity contribution >= 4 is 10.8 Å². The Morgan fingerprint density at radius 2 is 1.89 bits per heavy atom. The van der Waals surface area contributed by atoms with E-state index in [1.54, 1.807) is 0 Å². The minimum atomic E-state index is 0.572. The highest BCUT2D eigenvalue weighted by Gasteiger charge is 2.10. The predicted octanol–water partition coefficient (Wildman–Crippen LogP) is 2.23. The molecule has 19 heavy (non-hydrogen) atoms. The molecule has 1 heterocycles. The molecule has 0 radical (unpaired) electrons. The Bertz CT molecular complexity index is 710. The third-order valence-electron chi connectivity index (χ3n) is 3.14. The maximum atomic E-state index is 5.65. The van der Waals surface area contributed by atoms with Crippen molar-refractivity contribution in [3.63, 3.8) is 0 Å². The van der Waals surface area contributed by atoms with Crippen molar-refractivity contribution in [2.24, 2.45) is 5.73 Å². The molecule has 0 bridgehead atoms. The number of benzene rings is 2. The molecule has 0 amide bonds. The van der Waals surface area contributed by atoms with Gasteiger partial charge in [-0.15, -0.1) is 0 Å². The second-order valence-electron chi connectivity index (χ2n) is 4.52. The zero-order valence-corrected chi connectivity index (χ0v) is 10.9. The third-order valence-corrected chi connectivity index (χ3v) is 3.14. The van der Waals surface area contributed by atoms with E-state index in [0.717, 1.165) is 23.8 Å². The van der Waals surface area contributed by atoms with Crippen LogP contribution in [-0.4, -0.2) is 21.3 Å².